The number of urea groups is 1. The second-order valence-electron chi connectivity index (χ2n) is 6.68. The largest absolute Gasteiger partial charge is 0.326 e. The summed E-state index contributed by atoms with van der Waals surface area (Å²) in [7, 11) is 5.78. The van der Waals surface area contributed by atoms with Crippen LogP contribution >= 0.6 is 0 Å². The Labute approximate surface area is 145 Å². The van der Waals surface area contributed by atoms with Crippen LogP contribution in [0.3, 0.4) is 0 Å². The van der Waals surface area contributed by atoms with Crippen molar-refractivity contribution in [3.05, 3.63) is 30.3 Å². The molecule has 0 atom stereocenters. The lowest BCUT2D eigenvalue weighted by molar-refractivity contribution is 0.0379. The number of anilines is 1. The number of hydrogen-bond acceptors (Lipinski definition) is 5. The van der Waals surface area contributed by atoms with Gasteiger partial charge in [-0.1, -0.05) is 0 Å². The van der Waals surface area contributed by atoms with Crippen molar-refractivity contribution in [3.8, 4) is 5.69 Å². The van der Waals surface area contributed by atoms with Crippen molar-refractivity contribution in [2.24, 2.45) is 0 Å². The molecule has 1 N–H and O–H groups in total. The predicted octanol–water partition coefficient (Wildman–Crippen LogP) is 1.75. The van der Waals surface area contributed by atoms with Gasteiger partial charge in [0, 0.05) is 19.1 Å². The number of amides is 2. The maximum atomic E-state index is 14.1. The van der Waals surface area contributed by atoms with Crippen LogP contribution < -0.4 is 5.32 Å². The first kappa shape index (κ1) is 17.3. The summed E-state index contributed by atoms with van der Waals surface area (Å²) in [6, 6.07) is 3.98. The van der Waals surface area contributed by atoms with Crippen molar-refractivity contribution < 1.29 is 9.18 Å². The monoisotopic (exact) mass is 347 g/mol. The van der Waals surface area contributed by atoms with E-state index in [2.05, 4.69) is 25.7 Å². The van der Waals surface area contributed by atoms with Crippen LogP contribution in [-0.4, -0.2) is 69.3 Å². The summed E-state index contributed by atoms with van der Waals surface area (Å²) in [6.45, 7) is 0.597. The van der Waals surface area contributed by atoms with Gasteiger partial charge in [0.1, 0.15) is 12.1 Å². The van der Waals surface area contributed by atoms with Crippen LogP contribution in [0.5, 0.6) is 0 Å². The molecule has 3 rings (SSSR count). The lowest BCUT2D eigenvalue weighted by Crippen LogP contribution is -2.57. The Morgan fingerprint density at radius 2 is 2.12 bits per heavy atom. The number of halogens is 1. The van der Waals surface area contributed by atoms with E-state index in [1.807, 2.05) is 14.1 Å². The number of benzene rings is 1. The van der Waals surface area contributed by atoms with Crippen LogP contribution in [0.25, 0.3) is 5.69 Å². The lowest BCUT2D eigenvalue weighted by atomic mass is 9.75. The van der Waals surface area contributed by atoms with Crippen LogP contribution in [0.1, 0.15) is 19.3 Å². The number of carbonyl (C=O) groups is 1. The molecule has 2 amide bonds. The van der Waals surface area contributed by atoms with Crippen LogP contribution in [0.15, 0.2) is 24.5 Å². The van der Waals surface area contributed by atoms with E-state index in [0.717, 1.165) is 19.3 Å². The SMILES string of the molecule is CN(CC1(N(C)C)CCC1)C(=O)Nc1cc(-n2cnnn2)ccc1F. The molecule has 0 spiro atoms. The zero-order chi connectivity index (χ0) is 18.0. The molecule has 0 bridgehead atoms. The first-order valence-corrected chi connectivity index (χ1v) is 8.14. The minimum absolute atomic E-state index is 0.0128. The summed E-state index contributed by atoms with van der Waals surface area (Å²) in [5, 5.41) is 13.5. The highest BCUT2D eigenvalue weighted by atomic mass is 19.1. The van der Waals surface area contributed by atoms with Gasteiger partial charge in [0.2, 0.25) is 0 Å². The van der Waals surface area contributed by atoms with Crippen LogP contribution in [0, 0.1) is 5.82 Å². The smallest absolute Gasteiger partial charge is 0.321 e. The fourth-order valence-electron chi connectivity index (χ4n) is 3.09. The van der Waals surface area contributed by atoms with Gasteiger partial charge in [-0.3, -0.25) is 0 Å². The van der Waals surface area contributed by atoms with Gasteiger partial charge in [0.15, 0.2) is 0 Å². The Kier molecular flexibility index (Phi) is 4.67. The number of likely N-dealkylation sites (N-methyl/N-ethyl adjacent to an activating group) is 2. The quantitative estimate of drug-likeness (QED) is 0.891. The fourth-order valence-corrected chi connectivity index (χ4v) is 3.09. The van der Waals surface area contributed by atoms with E-state index in [1.165, 1.54) is 23.1 Å². The molecule has 1 heterocycles. The molecule has 9 heteroatoms. The Balaban J connectivity index is 1.71. The highest BCUT2D eigenvalue weighted by molar-refractivity contribution is 5.89. The highest BCUT2D eigenvalue weighted by Gasteiger charge is 2.40. The summed E-state index contributed by atoms with van der Waals surface area (Å²) >= 11 is 0. The molecule has 0 radical (unpaired) electrons. The average molecular weight is 347 g/mol. The molecular formula is C16H22FN7O. The predicted molar refractivity (Wildman–Crippen MR) is 91.0 cm³/mol. The Bertz CT molecular complexity index is 743. The fraction of sp³-hybridized carbons (Fsp3) is 0.500. The third-order valence-electron chi connectivity index (χ3n) is 4.92. The average Bonchev–Trinajstić information content (AvgIpc) is 3.06. The minimum atomic E-state index is -0.510. The van der Waals surface area contributed by atoms with Gasteiger partial charge < -0.3 is 15.1 Å². The molecule has 2 aromatic rings. The number of rotatable bonds is 5. The Morgan fingerprint density at radius 3 is 2.68 bits per heavy atom. The van der Waals surface area contributed by atoms with E-state index < -0.39 is 5.82 Å². The van der Waals surface area contributed by atoms with Crippen molar-refractivity contribution in [1.82, 2.24) is 30.0 Å². The molecule has 1 saturated carbocycles. The summed E-state index contributed by atoms with van der Waals surface area (Å²) in [5.41, 5.74) is 0.671. The Hall–Kier alpha value is -2.55. The van der Waals surface area contributed by atoms with Crippen LogP contribution in [0.2, 0.25) is 0 Å². The van der Waals surface area contributed by atoms with Crippen molar-refractivity contribution >= 4 is 11.7 Å². The van der Waals surface area contributed by atoms with Gasteiger partial charge in [-0.15, -0.1) is 5.10 Å². The number of hydrogen-bond donors (Lipinski definition) is 1. The second kappa shape index (κ2) is 6.75. The standard InChI is InChI=1S/C16H22FN7O/c1-22(2)16(7-4-8-16)10-23(3)15(25)19-14-9-12(5-6-13(14)17)24-11-18-20-21-24/h5-6,9,11H,4,7-8,10H2,1-3H3,(H,19,25). The second-order valence-corrected chi connectivity index (χ2v) is 6.68. The summed E-state index contributed by atoms with van der Waals surface area (Å²) in [4.78, 5) is 16.3. The van der Waals surface area contributed by atoms with Gasteiger partial charge >= 0.3 is 6.03 Å². The normalized spacial score (nSPS) is 15.7. The third-order valence-corrected chi connectivity index (χ3v) is 4.92. The van der Waals surface area contributed by atoms with E-state index >= 15 is 0 Å². The zero-order valence-electron chi connectivity index (χ0n) is 14.6. The van der Waals surface area contributed by atoms with Gasteiger partial charge in [0.25, 0.3) is 0 Å². The number of nitrogens with zero attached hydrogens (tertiary/aromatic N) is 6. The molecule has 1 aliphatic rings. The van der Waals surface area contributed by atoms with E-state index in [0.29, 0.717) is 12.2 Å². The summed E-state index contributed by atoms with van der Waals surface area (Å²) in [5.74, 6) is -0.510. The molecule has 1 aromatic heterocycles. The molecule has 8 nitrogen and oxygen atoms in total. The van der Waals surface area contributed by atoms with Gasteiger partial charge in [0.05, 0.1) is 11.4 Å². The van der Waals surface area contributed by atoms with Crippen molar-refractivity contribution in [2.75, 3.05) is 33.0 Å². The molecule has 134 valence electrons. The number of nitrogens with one attached hydrogen (secondary N) is 1. The van der Waals surface area contributed by atoms with Gasteiger partial charge in [-0.25, -0.2) is 13.9 Å². The van der Waals surface area contributed by atoms with E-state index in [-0.39, 0.29) is 17.3 Å². The van der Waals surface area contributed by atoms with E-state index in [1.54, 1.807) is 18.0 Å². The third kappa shape index (κ3) is 3.46. The van der Waals surface area contributed by atoms with E-state index in [4.69, 9.17) is 0 Å². The topological polar surface area (TPSA) is 79.2 Å². The first-order valence-electron chi connectivity index (χ1n) is 8.14. The van der Waals surface area contributed by atoms with Crippen molar-refractivity contribution in [3.63, 3.8) is 0 Å². The number of aromatic nitrogens is 4. The molecule has 0 aliphatic heterocycles. The van der Waals surface area contributed by atoms with Crippen molar-refractivity contribution in [2.45, 2.75) is 24.8 Å². The van der Waals surface area contributed by atoms with Crippen LogP contribution in [-0.2, 0) is 0 Å². The summed E-state index contributed by atoms with van der Waals surface area (Å²) < 4.78 is 15.5. The van der Waals surface area contributed by atoms with Crippen LogP contribution in [0.4, 0.5) is 14.9 Å². The van der Waals surface area contributed by atoms with E-state index in [9.17, 15) is 9.18 Å². The number of carbonyl (C=O) groups excluding carboxylic acids is 1. The van der Waals surface area contributed by atoms with Gasteiger partial charge in [-0.05, 0) is 62.0 Å². The molecular weight excluding hydrogens is 325 g/mol. The number of tetrazole rings is 1. The molecule has 1 aliphatic carbocycles. The zero-order valence-corrected chi connectivity index (χ0v) is 14.6. The Morgan fingerprint density at radius 1 is 1.36 bits per heavy atom. The molecule has 1 aromatic carbocycles. The molecule has 25 heavy (non-hydrogen) atoms. The maximum absolute atomic E-state index is 14.1. The maximum Gasteiger partial charge on any atom is 0.321 e. The van der Waals surface area contributed by atoms with Gasteiger partial charge in [-0.2, -0.15) is 0 Å². The summed E-state index contributed by atoms with van der Waals surface area (Å²) in [6.07, 6.45) is 4.68. The highest BCUT2D eigenvalue weighted by Crippen LogP contribution is 2.36. The first-order chi connectivity index (χ1) is 11.9. The lowest BCUT2D eigenvalue weighted by Gasteiger charge is -2.49. The van der Waals surface area contributed by atoms with Crippen molar-refractivity contribution in [1.29, 1.82) is 0 Å². The minimum Gasteiger partial charge on any atom is -0.326 e. The molecule has 0 saturated heterocycles. The molecule has 0 unspecified atom stereocenters. The molecule has 1 fully saturated rings.